The van der Waals surface area contributed by atoms with E-state index in [4.69, 9.17) is 11.6 Å². The van der Waals surface area contributed by atoms with E-state index in [-0.39, 0.29) is 11.6 Å². The number of alkyl halides is 3. The summed E-state index contributed by atoms with van der Waals surface area (Å²) in [6.07, 6.45) is -2.15. The van der Waals surface area contributed by atoms with Crippen LogP contribution in [0.3, 0.4) is 0 Å². The number of pyridine rings is 1. The summed E-state index contributed by atoms with van der Waals surface area (Å²) in [5.41, 5.74) is -1.38. The molecule has 0 unspecified atom stereocenters. The Hall–Kier alpha value is -3.01. The number of nitrogens with zero attached hydrogens (tertiary/aromatic N) is 5. The molecule has 6 nitrogen and oxygen atoms in total. The molecule has 5 rings (SSSR count). The SMILES string of the molecule is O=C(c1ccc(F)c(C(F)(F)F)c1Cl)N1[C@@H]2CC[C@@H]1c1nnc(-c3ccccn3)n1C2. The minimum absolute atomic E-state index is 0.279. The number of amides is 1. The molecule has 160 valence electrons. The smallest absolute Gasteiger partial charge is 0.324 e. The fourth-order valence-corrected chi connectivity index (χ4v) is 4.72. The van der Waals surface area contributed by atoms with E-state index in [2.05, 4.69) is 15.2 Å². The summed E-state index contributed by atoms with van der Waals surface area (Å²) in [6.45, 7) is 0.376. The van der Waals surface area contributed by atoms with E-state index in [1.807, 2.05) is 10.6 Å². The number of rotatable bonds is 2. The normalized spacial score (nSPS) is 20.1. The number of benzene rings is 1. The molecule has 1 fully saturated rings. The summed E-state index contributed by atoms with van der Waals surface area (Å²) in [7, 11) is 0. The highest BCUT2D eigenvalue weighted by Crippen LogP contribution is 2.44. The van der Waals surface area contributed by atoms with Gasteiger partial charge in [0.15, 0.2) is 11.6 Å². The zero-order chi connectivity index (χ0) is 21.9. The van der Waals surface area contributed by atoms with Crippen molar-refractivity contribution in [2.75, 3.05) is 0 Å². The molecule has 1 saturated heterocycles. The number of aromatic nitrogens is 4. The number of carbonyl (C=O) groups excluding carboxylic acids is 1. The lowest BCUT2D eigenvalue weighted by Gasteiger charge is -2.35. The third-order valence-corrected chi connectivity index (χ3v) is 6.10. The van der Waals surface area contributed by atoms with Gasteiger partial charge in [-0.2, -0.15) is 13.2 Å². The second-order valence-electron chi connectivity index (χ2n) is 7.45. The first-order chi connectivity index (χ1) is 14.8. The number of fused-ring (bicyclic) bond motifs is 4. The Kier molecular flexibility index (Phi) is 4.51. The topological polar surface area (TPSA) is 63.9 Å². The van der Waals surface area contributed by atoms with E-state index in [1.54, 1.807) is 18.3 Å². The van der Waals surface area contributed by atoms with Crippen molar-refractivity contribution in [2.24, 2.45) is 0 Å². The minimum atomic E-state index is -5.02. The van der Waals surface area contributed by atoms with Gasteiger partial charge < -0.3 is 9.47 Å². The largest absolute Gasteiger partial charge is 0.420 e. The van der Waals surface area contributed by atoms with Crippen LogP contribution in [0.15, 0.2) is 36.5 Å². The lowest BCUT2D eigenvalue weighted by molar-refractivity contribution is -0.139. The maximum Gasteiger partial charge on any atom is 0.420 e. The van der Waals surface area contributed by atoms with Gasteiger partial charge in [-0.1, -0.05) is 17.7 Å². The highest BCUT2D eigenvalue weighted by molar-refractivity contribution is 6.34. The summed E-state index contributed by atoms with van der Waals surface area (Å²) < 4.78 is 55.4. The van der Waals surface area contributed by atoms with Gasteiger partial charge in [-0.05, 0) is 37.1 Å². The van der Waals surface area contributed by atoms with Gasteiger partial charge in [0, 0.05) is 12.7 Å². The number of hydrogen-bond donors (Lipinski definition) is 0. The van der Waals surface area contributed by atoms with Crippen molar-refractivity contribution in [1.29, 1.82) is 0 Å². The average Bonchev–Trinajstić information content (AvgIpc) is 3.28. The molecule has 2 aliphatic heterocycles. The molecule has 2 bridgehead atoms. The molecule has 0 saturated carbocycles. The van der Waals surface area contributed by atoms with Crippen molar-refractivity contribution in [3.63, 3.8) is 0 Å². The average molecular weight is 452 g/mol. The molecular formula is C20H14ClF4N5O. The van der Waals surface area contributed by atoms with Gasteiger partial charge in [-0.15, -0.1) is 10.2 Å². The van der Waals surface area contributed by atoms with Crippen LogP contribution in [0.5, 0.6) is 0 Å². The molecule has 1 amide bonds. The molecule has 2 atom stereocenters. The minimum Gasteiger partial charge on any atom is -0.324 e. The third kappa shape index (κ3) is 3.08. The molecule has 0 aliphatic carbocycles. The van der Waals surface area contributed by atoms with Crippen LogP contribution < -0.4 is 0 Å². The molecule has 31 heavy (non-hydrogen) atoms. The molecule has 0 N–H and O–H groups in total. The van der Waals surface area contributed by atoms with Gasteiger partial charge in [0.1, 0.15) is 17.1 Å². The zero-order valence-corrected chi connectivity index (χ0v) is 16.5. The molecule has 0 radical (unpaired) electrons. The second-order valence-corrected chi connectivity index (χ2v) is 7.83. The van der Waals surface area contributed by atoms with Crippen LogP contribution in [0.1, 0.15) is 40.6 Å². The van der Waals surface area contributed by atoms with Gasteiger partial charge in [0.25, 0.3) is 5.91 Å². The van der Waals surface area contributed by atoms with Crippen LogP contribution in [-0.4, -0.2) is 36.6 Å². The zero-order valence-electron chi connectivity index (χ0n) is 15.8. The van der Waals surface area contributed by atoms with Crippen LogP contribution in [0.4, 0.5) is 17.6 Å². The predicted molar refractivity (Wildman–Crippen MR) is 102 cm³/mol. The lowest BCUT2D eigenvalue weighted by Crippen LogP contribution is -2.44. The molecule has 11 heteroatoms. The van der Waals surface area contributed by atoms with Gasteiger partial charge >= 0.3 is 6.18 Å². The quantitative estimate of drug-likeness (QED) is 0.538. The van der Waals surface area contributed by atoms with Crippen LogP contribution in [0.25, 0.3) is 11.5 Å². The van der Waals surface area contributed by atoms with Crippen LogP contribution in [0.2, 0.25) is 5.02 Å². The van der Waals surface area contributed by atoms with Crippen molar-refractivity contribution in [1.82, 2.24) is 24.6 Å². The number of halogens is 5. The fraction of sp³-hybridized carbons (Fsp3) is 0.300. The first kappa shape index (κ1) is 19.9. The van der Waals surface area contributed by atoms with Crippen LogP contribution in [-0.2, 0) is 12.7 Å². The maximum absolute atomic E-state index is 13.8. The van der Waals surface area contributed by atoms with Crippen molar-refractivity contribution in [2.45, 2.75) is 37.6 Å². The molecule has 3 aromatic rings. The fourth-order valence-electron chi connectivity index (χ4n) is 4.38. The number of hydrogen-bond acceptors (Lipinski definition) is 4. The van der Waals surface area contributed by atoms with Crippen LogP contribution in [0, 0.1) is 5.82 Å². The molecular weight excluding hydrogens is 438 g/mol. The summed E-state index contributed by atoms with van der Waals surface area (Å²) in [5, 5.41) is 7.52. The highest BCUT2D eigenvalue weighted by atomic mass is 35.5. The van der Waals surface area contributed by atoms with Crippen molar-refractivity contribution in [3.8, 4) is 11.5 Å². The van der Waals surface area contributed by atoms with E-state index in [0.717, 1.165) is 6.07 Å². The second kappa shape index (κ2) is 7.01. The Bertz CT molecular complexity index is 1180. The van der Waals surface area contributed by atoms with Gasteiger partial charge in [0.05, 0.1) is 22.7 Å². The number of carbonyl (C=O) groups is 1. The Morgan fingerprint density at radius 2 is 1.94 bits per heavy atom. The Balaban J connectivity index is 1.53. The van der Waals surface area contributed by atoms with Crippen LogP contribution >= 0.6 is 11.6 Å². The van der Waals surface area contributed by atoms with E-state index in [9.17, 15) is 22.4 Å². The van der Waals surface area contributed by atoms with Crippen molar-refractivity contribution in [3.05, 3.63) is 64.3 Å². The third-order valence-electron chi connectivity index (χ3n) is 5.71. The van der Waals surface area contributed by atoms with Gasteiger partial charge in [-0.3, -0.25) is 9.78 Å². The van der Waals surface area contributed by atoms with Gasteiger partial charge in [-0.25, -0.2) is 4.39 Å². The van der Waals surface area contributed by atoms with E-state index >= 15 is 0 Å². The van der Waals surface area contributed by atoms with E-state index in [0.29, 0.717) is 42.8 Å². The molecule has 4 heterocycles. The molecule has 1 aromatic carbocycles. The predicted octanol–water partition coefficient (Wildman–Crippen LogP) is 4.51. The first-order valence-corrected chi connectivity index (χ1v) is 9.87. The monoisotopic (exact) mass is 451 g/mol. The summed E-state index contributed by atoms with van der Waals surface area (Å²) in [4.78, 5) is 19.0. The Morgan fingerprint density at radius 1 is 1.13 bits per heavy atom. The van der Waals surface area contributed by atoms with Gasteiger partial charge in [0.2, 0.25) is 0 Å². The molecule has 0 spiro atoms. The Morgan fingerprint density at radius 3 is 2.65 bits per heavy atom. The van der Waals surface area contributed by atoms with E-state index < -0.39 is 34.5 Å². The van der Waals surface area contributed by atoms with E-state index in [1.165, 1.54) is 4.90 Å². The summed E-state index contributed by atoms with van der Waals surface area (Å²) in [5.74, 6) is -1.09. The van der Waals surface area contributed by atoms with Crippen molar-refractivity contribution >= 4 is 17.5 Å². The molecule has 2 aliphatic rings. The maximum atomic E-state index is 13.8. The molecule has 2 aromatic heterocycles. The standard InChI is InChI=1S/C20H14ClF4N5O/c21-16-11(5-6-12(22)15(16)20(23,24)25)19(31)30-10-4-7-14(30)18-28-27-17(29(18)9-10)13-3-1-2-8-26-13/h1-3,5-6,8,10,14H,4,7,9H2/t10-,14-/m1/s1. The lowest BCUT2D eigenvalue weighted by atomic mass is 10.1. The summed E-state index contributed by atoms with van der Waals surface area (Å²) in [6, 6.07) is 6.27. The first-order valence-electron chi connectivity index (χ1n) is 9.49. The highest BCUT2D eigenvalue weighted by Gasteiger charge is 2.47. The summed E-state index contributed by atoms with van der Waals surface area (Å²) >= 11 is 5.86. The van der Waals surface area contributed by atoms with Crippen molar-refractivity contribution < 1.29 is 22.4 Å². The Labute approximate surface area is 178 Å².